The van der Waals surface area contributed by atoms with Crippen LogP contribution in [0, 0.1) is 13.8 Å². The molecule has 0 bridgehead atoms. The van der Waals surface area contributed by atoms with Crippen LogP contribution < -0.4 is 4.89 Å². The van der Waals surface area contributed by atoms with Gasteiger partial charge in [-0.2, -0.15) is 0 Å². The molecule has 1 fully saturated rings. The van der Waals surface area contributed by atoms with Crippen LogP contribution in [0.1, 0.15) is 178 Å². The van der Waals surface area contributed by atoms with Crippen LogP contribution in [0.5, 0.6) is 0 Å². The molecule has 0 spiro atoms. The van der Waals surface area contributed by atoms with Gasteiger partial charge >= 0.3 is 11.9 Å². The van der Waals surface area contributed by atoms with Gasteiger partial charge in [0.2, 0.25) is 0 Å². The van der Waals surface area contributed by atoms with Crippen molar-refractivity contribution in [3.8, 4) is 0 Å². The van der Waals surface area contributed by atoms with E-state index < -0.39 is 32.5 Å². The Kier molecular flexibility index (Phi) is 27.0. The van der Waals surface area contributed by atoms with Crippen molar-refractivity contribution >= 4 is 19.8 Å². The highest BCUT2D eigenvalue weighted by atomic mass is 31.2. The number of ether oxygens (including phenoxy) is 3. The summed E-state index contributed by atoms with van der Waals surface area (Å²) in [4.78, 5) is 37.7. The second kappa shape index (κ2) is 30.1. The standard InChI is InChI=1S/C46H82NO10P/c1-8-10-23-30-43-44(57-43)31-25-20-16-12-13-17-21-26-32-45(48)52-36-40(37-54-58(50,51)53-35-34-47(5,6)7)55-46(49)33-27-22-18-14-11-15-19-24-29-42-39(4)38(3)41(56-42)28-9-2/h20,25,40,43-44H,8-19,21-24,26-37H2,1-7H3/b25-20-/t40-,43?,44?/m1/s1. The number of carbonyl (C=O) groups is 2. The monoisotopic (exact) mass is 840 g/mol. The molecule has 1 aliphatic rings. The largest absolute Gasteiger partial charge is 0.756 e. The van der Waals surface area contributed by atoms with Gasteiger partial charge in [0.05, 0.1) is 40.0 Å². The third-order valence-electron chi connectivity index (χ3n) is 10.9. The summed E-state index contributed by atoms with van der Waals surface area (Å²) < 4.78 is 45.9. The molecule has 0 amide bonds. The highest BCUT2D eigenvalue weighted by molar-refractivity contribution is 7.45. The van der Waals surface area contributed by atoms with E-state index >= 15 is 0 Å². The molecule has 1 saturated heterocycles. The SMILES string of the molecule is CCCCCC1OC1C/C=C\CCCCCCCC(=O)OC[C@H](COP(=O)([O-])OCC[N+](C)(C)C)OC(=O)CCCCCCCCCCc1oc(CCC)c(C)c1C. The van der Waals surface area contributed by atoms with Crippen molar-refractivity contribution in [2.24, 2.45) is 0 Å². The predicted molar refractivity (Wildman–Crippen MR) is 230 cm³/mol. The number of hydrogen-bond acceptors (Lipinski definition) is 10. The van der Waals surface area contributed by atoms with Crippen LogP contribution in [0.4, 0.5) is 0 Å². The number of rotatable bonds is 37. The van der Waals surface area contributed by atoms with Crippen molar-refractivity contribution < 1.29 is 51.2 Å². The molecule has 3 unspecified atom stereocenters. The molecule has 336 valence electrons. The van der Waals surface area contributed by atoms with Gasteiger partial charge in [0.15, 0.2) is 6.10 Å². The van der Waals surface area contributed by atoms with Gasteiger partial charge in [-0.25, -0.2) is 0 Å². The quantitative estimate of drug-likeness (QED) is 0.0159. The van der Waals surface area contributed by atoms with Gasteiger partial charge < -0.3 is 37.1 Å². The molecular formula is C46H82NO10P. The number of phosphoric acid groups is 1. The fraction of sp³-hybridized carbons (Fsp3) is 0.826. The number of allylic oxidation sites excluding steroid dienone is 1. The van der Waals surface area contributed by atoms with E-state index in [2.05, 4.69) is 39.8 Å². The number of aryl methyl sites for hydroxylation is 2. The summed E-state index contributed by atoms with van der Waals surface area (Å²) in [6.45, 7) is 8.40. The molecule has 12 heteroatoms. The number of phosphoric ester groups is 1. The molecule has 2 rings (SSSR count). The number of likely N-dealkylation sites (N-methyl/N-ethyl adjacent to an activating group) is 1. The van der Waals surface area contributed by atoms with Crippen molar-refractivity contribution in [1.82, 2.24) is 0 Å². The summed E-state index contributed by atoms with van der Waals surface area (Å²) in [5.74, 6) is 1.41. The second-order valence-corrected chi connectivity index (χ2v) is 18.8. The third-order valence-corrected chi connectivity index (χ3v) is 11.8. The van der Waals surface area contributed by atoms with Gasteiger partial charge in [0.1, 0.15) is 31.3 Å². The first-order valence-electron chi connectivity index (χ1n) is 22.9. The fourth-order valence-corrected chi connectivity index (χ4v) is 7.67. The van der Waals surface area contributed by atoms with Crippen LogP contribution in [-0.4, -0.2) is 82.2 Å². The van der Waals surface area contributed by atoms with Crippen molar-refractivity contribution in [3.05, 3.63) is 34.8 Å². The molecule has 0 N–H and O–H groups in total. The fourth-order valence-electron chi connectivity index (χ4n) is 6.94. The van der Waals surface area contributed by atoms with E-state index in [4.69, 9.17) is 27.7 Å². The van der Waals surface area contributed by atoms with Crippen LogP contribution in [-0.2, 0) is 50.3 Å². The Hall–Kier alpha value is -2.01. The molecule has 2 heterocycles. The van der Waals surface area contributed by atoms with E-state index in [0.717, 1.165) is 101 Å². The molecule has 4 atom stereocenters. The zero-order valence-electron chi connectivity index (χ0n) is 37.7. The van der Waals surface area contributed by atoms with E-state index in [1.165, 1.54) is 49.7 Å². The summed E-state index contributed by atoms with van der Waals surface area (Å²) in [5.41, 5.74) is 2.62. The Labute approximate surface area is 352 Å². The number of quaternary nitrogens is 1. The molecule has 0 aromatic carbocycles. The van der Waals surface area contributed by atoms with Gasteiger partial charge in [-0.3, -0.25) is 14.2 Å². The minimum Gasteiger partial charge on any atom is -0.756 e. The minimum absolute atomic E-state index is 0.0415. The highest BCUT2D eigenvalue weighted by Crippen LogP contribution is 2.38. The van der Waals surface area contributed by atoms with E-state index in [9.17, 15) is 19.0 Å². The summed E-state index contributed by atoms with van der Waals surface area (Å²) in [6.07, 6.45) is 28.2. The van der Waals surface area contributed by atoms with Gasteiger partial charge in [-0.15, -0.1) is 0 Å². The Morgan fingerprint density at radius 1 is 0.724 bits per heavy atom. The van der Waals surface area contributed by atoms with Crippen molar-refractivity contribution in [2.75, 3.05) is 47.5 Å². The molecule has 0 saturated carbocycles. The van der Waals surface area contributed by atoms with Gasteiger partial charge in [0, 0.05) is 25.7 Å². The zero-order chi connectivity index (χ0) is 42.7. The van der Waals surface area contributed by atoms with Crippen LogP contribution in [0.25, 0.3) is 0 Å². The first kappa shape index (κ1) is 52.1. The second-order valence-electron chi connectivity index (χ2n) is 17.4. The Morgan fingerprint density at radius 2 is 1.33 bits per heavy atom. The topological polar surface area (TPSA) is 137 Å². The number of furan rings is 1. The minimum atomic E-state index is -4.64. The van der Waals surface area contributed by atoms with Crippen LogP contribution >= 0.6 is 7.82 Å². The smallest absolute Gasteiger partial charge is 0.306 e. The lowest BCUT2D eigenvalue weighted by Crippen LogP contribution is -2.37. The molecule has 0 aliphatic carbocycles. The summed E-state index contributed by atoms with van der Waals surface area (Å²) in [5, 5.41) is 0. The first-order chi connectivity index (χ1) is 27.7. The maximum atomic E-state index is 12.7. The molecule has 1 aliphatic heterocycles. The summed E-state index contributed by atoms with van der Waals surface area (Å²) >= 11 is 0. The lowest BCUT2D eigenvalue weighted by Gasteiger charge is -2.28. The molecular weight excluding hydrogens is 757 g/mol. The maximum Gasteiger partial charge on any atom is 0.306 e. The van der Waals surface area contributed by atoms with E-state index in [1.807, 2.05) is 21.1 Å². The van der Waals surface area contributed by atoms with Crippen molar-refractivity contribution in [2.45, 2.75) is 200 Å². The average molecular weight is 840 g/mol. The van der Waals surface area contributed by atoms with Crippen LogP contribution in [0.15, 0.2) is 16.6 Å². The van der Waals surface area contributed by atoms with Crippen molar-refractivity contribution in [1.29, 1.82) is 0 Å². The first-order valence-corrected chi connectivity index (χ1v) is 24.3. The third kappa shape index (κ3) is 25.6. The summed E-state index contributed by atoms with van der Waals surface area (Å²) in [6, 6.07) is 0. The van der Waals surface area contributed by atoms with Crippen LogP contribution in [0.2, 0.25) is 0 Å². The maximum absolute atomic E-state index is 12.7. The van der Waals surface area contributed by atoms with Crippen LogP contribution in [0.3, 0.4) is 0 Å². The van der Waals surface area contributed by atoms with Gasteiger partial charge in [0.25, 0.3) is 7.82 Å². The Morgan fingerprint density at radius 3 is 1.97 bits per heavy atom. The van der Waals surface area contributed by atoms with Gasteiger partial charge in [-0.1, -0.05) is 103 Å². The lowest BCUT2D eigenvalue weighted by atomic mass is 10.0. The number of epoxide rings is 1. The van der Waals surface area contributed by atoms with Crippen molar-refractivity contribution in [3.63, 3.8) is 0 Å². The molecule has 1 aromatic rings. The number of nitrogens with zero attached hydrogens (tertiary/aromatic N) is 1. The number of hydrogen-bond donors (Lipinski definition) is 0. The van der Waals surface area contributed by atoms with E-state index in [-0.39, 0.29) is 26.1 Å². The van der Waals surface area contributed by atoms with E-state index in [0.29, 0.717) is 36.1 Å². The molecule has 58 heavy (non-hydrogen) atoms. The van der Waals surface area contributed by atoms with E-state index in [1.54, 1.807) is 0 Å². The highest BCUT2D eigenvalue weighted by Gasteiger charge is 2.36. The predicted octanol–water partition coefficient (Wildman–Crippen LogP) is 10.6. The van der Waals surface area contributed by atoms with Gasteiger partial charge in [-0.05, 0) is 76.3 Å². The number of unbranched alkanes of at least 4 members (excludes halogenated alkanes) is 14. The Balaban J connectivity index is 1.61. The lowest BCUT2D eigenvalue weighted by molar-refractivity contribution is -0.870. The molecule has 1 aromatic heterocycles. The summed E-state index contributed by atoms with van der Waals surface area (Å²) in [7, 11) is 1.13. The number of carbonyl (C=O) groups excluding carboxylic acids is 2. The Bertz CT molecular complexity index is 1340. The normalized spacial score (nSPS) is 17.1. The average Bonchev–Trinajstić information content (AvgIpc) is 3.86. The molecule has 0 radical (unpaired) electrons. The number of esters is 2. The zero-order valence-corrected chi connectivity index (χ0v) is 38.6. The molecule has 11 nitrogen and oxygen atoms in total.